The number of rotatable bonds is 4. The third-order valence-corrected chi connectivity index (χ3v) is 6.45. The maximum atomic E-state index is 10.8. The first-order valence-corrected chi connectivity index (χ1v) is 9.51. The summed E-state index contributed by atoms with van der Waals surface area (Å²) in [7, 11) is 8.82. The van der Waals surface area contributed by atoms with E-state index in [4.69, 9.17) is 18.9 Å². The Morgan fingerprint density at radius 3 is 2.29 bits per heavy atom. The highest BCUT2D eigenvalue weighted by atomic mass is 16.5. The Hall–Kier alpha value is -2.60. The normalized spacial score (nSPS) is 22.5. The maximum absolute atomic E-state index is 10.8. The topological polar surface area (TPSA) is 57.2 Å². The van der Waals surface area contributed by atoms with Crippen LogP contribution in [0.4, 0.5) is 0 Å². The van der Waals surface area contributed by atoms with Crippen LogP contribution in [0.2, 0.25) is 0 Å². The maximum Gasteiger partial charge on any atom is 0.203 e. The van der Waals surface area contributed by atoms with E-state index in [0.717, 1.165) is 53.0 Å². The average molecular weight is 386 g/mol. The zero-order valence-electron chi connectivity index (χ0n) is 17.2. The number of methoxy groups -OCH3 is 4. The molecule has 0 fully saturated rings. The summed E-state index contributed by atoms with van der Waals surface area (Å²) < 4.78 is 23.0. The van der Waals surface area contributed by atoms with E-state index in [9.17, 15) is 5.11 Å². The van der Waals surface area contributed by atoms with Crippen molar-refractivity contribution in [3.05, 3.63) is 40.5 Å². The lowest BCUT2D eigenvalue weighted by molar-refractivity contribution is -0.956. The van der Waals surface area contributed by atoms with Gasteiger partial charge in [0.25, 0.3) is 0 Å². The van der Waals surface area contributed by atoms with E-state index in [1.165, 1.54) is 11.1 Å². The molecule has 0 saturated heterocycles. The highest BCUT2D eigenvalue weighted by Crippen LogP contribution is 2.52. The van der Waals surface area contributed by atoms with Gasteiger partial charge >= 0.3 is 0 Å². The Labute approximate surface area is 165 Å². The number of hydrogen-bond acceptors (Lipinski definition) is 5. The lowest BCUT2D eigenvalue weighted by Gasteiger charge is -2.49. The zero-order chi connectivity index (χ0) is 20.1. The van der Waals surface area contributed by atoms with Crippen LogP contribution in [0.3, 0.4) is 0 Å². The number of likely N-dealkylation sites (N-methyl/N-ethyl adjacent to an activating group) is 1. The summed E-state index contributed by atoms with van der Waals surface area (Å²) in [4.78, 5) is 0. The Kier molecular flexibility index (Phi) is 4.54. The molecule has 2 aromatic carbocycles. The van der Waals surface area contributed by atoms with E-state index < -0.39 is 0 Å². The van der Waals surface area contributed by atoms with Crippen molar-refractivity contribution < 1.29 is 28.5 Å². The molecule has 0 bridgehead atoms. The molecular formula is C22H28NO5+. The van der Waals surface area contributed by atoms with Gasteiger partial charge in [-0.2, -0.15) is 0 Å². The van der Waals surface area contributed by atoms with Crippen LogP contribution in [0.15, 0.2) is 18.2 Å². The molecule has 2 atom stereocenters. The average Bonchev–Trinajstić information content (AvgIpc) is 2.70. The molecule has 2 aromatic rings. The molecule has 4 rings (SSSR count). The third-order valence-electron chi connectivity index (χ3n) is 6.45. The van der Waals surface area contributed by atoms with Crippen molar-refractivity contribution in [3.63, 3.8) is 0 Å². The molecule has 6 heteroatoms. The molecule has 1 N–H and O–H groups in total. The van der Waals surface area contributed by atoms with Gasteiger partial charge in [0, 0.05) is 24.0 Å². The molecule has 28 heavy (non-hydrogen) atoms. The van der Waals surface area contributed by atoms with Gasteiger partial charge in [0.15, 0.2) is 23.0 Å². The van der Waals surface area contributed by atoms with Crippen LogP contribution >= 0.6 is 0 Å². The molecule has 0 saturated carbocycles. The highest BCUT2D eigenvalue weighted by molar-refractivity contribution is 5.60. The van der Waals surface area contributed by atoms with E-state index in [-0.39, 0.29) is 11.8 Å². The summed E-state index contributed by atoms with van der Waals surface area (Å²) in [6, 6.07) is 6.39. The largest absolute Gasteiger partial charge is 0.504 e. The predicted octanol–water partition coefficient (Wildman–Crippen LogP) is 3.23. The molecule has 2 aliphatic rings. The minimum absolute atomic E-state index is 0.209. The van der Waals surface area contributed by atoms with Crippen molar-refractivity contribution in [1.82, 2.24) is 0 Å². The van der Waals surface area contributed by atoms with Crippen LogP contribution < -0.4 is 18.9 Å². The summed E-state index contributed by atoms with van der Waals surface area (Å²) in [5.74, 6) is 2.80. The number of nitrogens with zero attached hydrogens (tertiary/aromatic N) is 1. The number of ether oxygens (including phenoxy) is 4. The molecular weight excluding hydrogens is 358 g/mol. The smallest absolute Gasteiger partial charge is 0.203 e. The van der Waals surface area contributed by atoms with E-state index in [1.807, 2.05) is 12.1 Å². The molecule has 0 amide bonds. The van der Waals surface area contributed by atoms with Crippen LogP contribution in [0, 0.1) is 0 Å². The third kappa shape index (κ3) is 2.58. The van der Waals surface area contributed by atoms with Crippen molar-refractivity contribution in [2.45, 2.75) is 25.4 Å². The number of quaternary nitrogens is 1. The lowest BCUT2D eigenvalue weighted by atomic mass is 9.81. The number of aromatic hydroxyl groups is 1. The second-order valence-electron chi connectivity index (χ2n) is 7.80. The Bertz CT molecular complexity index is 926. The number of benzene rings is 2. The fourth-order valence-electron chi connectivity index (χ4n) is 4.94. The number of fused-ring (bicyclic) bond motifs is 4. The van der Waals surface area contributed by atoms with E-state index >= 15 is 0 Å². The predicted molar refractivity (Wildman–Crippen MR) is 106 cm³/mol. The van der Waals surface area contributed by atoms with Crippen molar-refractivity contribution >= 4 is 0 Å². The lowest BCUT2D eigenvalue weighted by Crippen LogP contribution is -2.53. The number of phenolic OH excluding ortho intramolecular Hbond substituents is 1. The molecule has 0 aliphatic carbocycles. The van der Waals surface area contributed by atoms with Gasteiger partial charge in [-0.05, 0) is 17.7 Å². The molecule has 2 aliphatic heterocycles. The molecule has 0 radical (unpaired) electrons. The van der Waals surface area contributed by atoms with Crippen LogP contribution in [0.1, 0.15) is 28.3 Å². The van der Waals surface area contributed by atoms with Gasteiger partial charge in [-0.1, -0.05) is 6.07 Å². The first-order valence-electron chi connectivity index (χ1n) is 9.51. The first kappa shape index (κ1) is 18.7. The SMILES string of the molecule is COc1cc2c(c(O)c1OC)CC[N+]1(C)Cc3c(ccc(OC)c3OC)CC21. The summed E-state index contributed by atoms with van der Waals surface area (Å²) in [5.41, 5.74) is 4.60. The summed E-state index contributed by atoms with van der Waals surface area (Å²) in [6.45, 7) is 1.79. The van der Waals surface area contributed by atoms with Gasteiger partial charge in [-0.25, -0.2) is 0 Å². The van der Waals surface area contributed by atoms with Gasteiger partial charge in [-0.3, -0.25) is 0 Å². The quantitative estimate of drug-likeness (QED) is 0.818. The molecule has 2 heterocycles. The molecule has 2 unspecified atom stereocenters. The standard InChI is InChI=1S/C22H27NO5/c1-23-9-8-14-15(11-19(26-3)22(28-5)20(14)24)17(23)10-13-6-7-18(25-2)21(27-4)16(13)12-23/h6-7,11,17H,8-10,12H2,1-5H3/p+1. The Morgan fingerprint density at radius 1 is 0.929 bits per heavy atom. The monoisotopic (exact) mass is 386 g/mol. The van der Waals surface area contributed by atoms with Gasteiger partial charge in [0.1, 0.15) is 12.6 Å². The second-order valence-corrected chi connectivity index (χ2v) is 7.80. The minimum atomic E-state index is 0.209. The van der Waals surface area contributed by atoms with Crippen LogP contribution in [-0.4, -0.2) is 51.6 Å². The second kappa shape index (κ2) is 6.78. The zero-order valence-corrected chi connectivity index (χ0v) is 17.2. The summed E-state index contributed by atoms with van der Waals surface area (Å²) in [6.07, 6.45) is 1.66. The molecule has 0 aromatic heterocycles. The highest BCUT2D eigenvalue weighted by Gasteiger charge is 2.45. The fourth-order valence-corrected chi connectivity index (χ4v) is 4.94. The molecule has 150 valence electrons. The Balaban J connectivity index is 1.86. The van der Waals surface area contributed by atoms with Crippen LogP contribution in [0.5, 0.6) is 28.7 Å². The van der Waals surface area contributed by atoms with Gasteiger partial charge in [0.05, 0.1) is 47.6 Å². The van der Waals surface area contributed by atoms with Gasteiger partial charge < -0.3 is 28.5 Å². The van der Waals surface area contributed by atoms with Crippen LogP contribution in [-0.2, 0) is 19.4 Å². The molecule has 0 spiro atoms. The van der Waals surface area contributed by atoms with Crippen LogP contribution in [0.25, 0.3) is 0 Å². The van der Waals surface area contributed by atoms with Gasteiger partial charge in [-0.15, -0.1) is 0 Å². The molecule has 6 nitrogen and oxygen atoms in total. The Morgan fingerprint density at radius 2 is 1.64 bits per heavy atom. The number of phenols is 1. The van der Waals surface area contributed by atoms with E-state index in [1.54, 1.807) is 28.4 Å². The fraction of sp³-hybridized carbons (Fsp3) is 0.455. The number of hydrogen-bond donors (Lipinski definition) is 1. The van der Waals surface area contributed by atoms with E-state index in [0.29, 0.717) is 11.5 Å². The van der Waals surface area contributed by atoms with Crippen molar-refractivity contribution in [3.8, 4) is 28.7 Å². The summed E-state index contributed by atoms with van der Waals surface area (Å²) >= 11 is 0. The van der Waals surface area contributed by atoms with Crippen molar-refractivity contribution in [2.75, 3.05) is 42.0 Å². The van der Waals surface area contributed by atoms with Crippen molar-refractivity contribution in [2.24, 2.45) is 0 Å². The van der Waals surface area contributed by atoms with Gasteiger partial charge in [0.2, 0.25) is 5.75 Å². The summed E-state index contributed by atoms with van der Waals surface area (Å²) in [5, 5.41) is 10.8. The minimum Gasteiger partial charge on any atom is -0.504 e. The van der Waals surface area contributed by atoms with Crippen molar-refractivity contribution in [1.29, 1.82) is 0 Å². The van der Waals surface area contributed by atoms with E-state index in [2.05, 4.69) is 13.1 Å². The first-order chi connectivity index (χ1) is 13.5.